The Morgan fingerprint density at radius 1 is 1.08 bits per heavy atom. The summed E-state index contributed by atoms with van der Waals surface area (Å²) < 4.78 is 27.2. The van der Waals surface area contributed by atoms with E-state index >= 15 is 0 Å². The van der Waals surface area contributed by atoms with Gasteiger partial charge in [-0.3, -0.25) is 9.69 Å². The molecule has 0 unspecified atom stereocenters. The highest BCUT2D eigenvalue weighted by atomic mass is 19.2. The van der Waals surface area contributed by atoms with Crippen molar-refractivity contribution in [2.24, 2.45) is 0 Å². The van der Waals surface area contributed by atoms with Gasteiger partial charge in [-0.05, 0) is 24.6 Å². The predicted molar refractivity (Wildman–Crippen MR) is 88.6 cm³/mol. The van der Waals surface area contributed by atoms with E-state index < -0.39 is 17.5 Å². The van der Waals surface area contributed by atoms with Crippen LogP contribution in [0.15, 0.2) is 48.5 Å². The minimum Gasteiger partial charge on any atom is -0.333 e. The highest BCUT2D eigenvalue weighted by Crippen LogP contribution is 2.19. The molecule has 2 aromatic carbocycles. The molecule has 0 saturated carbocycles. The average molecular weight is 330 g/mol. The number of nitrogens with zero attached hydrogens (tertiary/aromatic N) is 2. The second kappa shape index (κ2) is 7.09. The van der Waals surface area contributed by atoms with Crippen LogP contribution in [0, 0.1) is 11.6 Å². The van der Waals surface area contributed by atoms with Crippen molar-refractivity contribution in [3.63, 3.8) is 0 Å². The first-order valence-corrected chi connectivity index (χ1v) is 8.07. The topological polar surface area (TPSA) is 23.6 Å². The van der Waals surface area contributed by atoms with Gasteiger partial charge in [0.2, 0.25) is 0 Å². The van der Waals surface area contributed by atoms with Crippen molar-refractivity contribution in [3.8, 4) is 0 Å². The Hall–Kier alpha value is -2.27. The van der Waals surface area contributed by atoms with Crippen molar-refractivity contribution >= 4 is 5.91 Å². The smallest absolute Gasteiger partial charge is 0.257 e. The van der Waals surface area contributed by atoms with Gasteiger partial charge in [-0.25, -0.2) is 8.78 Å². The molecule has 24 heavy (non-hydrogen) atoms. The van der Waals surface area contributed by atoms with Crippen LogP contribution in [0.3, 0.4) is 0 Å². The van der Waals surface area contributed by atoms with E-state index in [-0.39, 0.29) is 11.6 Å². The normalized spacial score (nSPS) is 18.6. The average Bonchev–Trinajstić information content (AvgIpc) is 2.58. The second-order valence-corrected chi connectivity index (χ2v) is 6.17. The molecule has 3 nitrogen and oxygen atoms in total. The third-order valence-electron chi connectivity index (χ3n) is 4.40. The van der Waals surface area contributed by atoms with Crippen LogP contribution >= 0.6 is 0 Å². The van der Waals surface area contributed by atoms with Gasteiger partial charge in [-0.15, -0.1) is 0 Å². The van der Waals surface area contributed by atoms with Crippen LogP contribution in [0.1, 0.15) is 22.8 Å². The number of halogens is 2. The lowest BCUT2D eigenvalue weighted by Gasteiger charge is -2.40. The summed E-state index contributed by atoms with van der Waals surface area (Å²) >= 11 is 0. The standard InChI is InChI=1S/C19H20F2N2O/c1-14-12-22(13-15-6-3-2-4-7-15)10-11-23(14)19(24)16-8-5-9-17(20)18(16)21/h2-9,14H,10-13H2,1H3/t14-/m0/s1. The molecule has 126 valence electrons. The summed E-state index contributed by atoms with van der Waals surface area (Å²) in [7, 11) is 0. The summed E-state index contributed by atoms with van der Waals surface area (Å²) in [6.07, 6.45) is 0. The minimum absolute atomic E-state index is 0.0578. The highest BCUT2D eigenvalue weighted by molar-refractivity contribution is 5.94. The van der Waals surface area contributed by atoms with Gasteiger partial charge in [-0.1, -0.05) is 36.4 Å². The Balaban J connectivity index is 1.67. The lowest BCUT2D eigenvalue weighted by atomic mass is 10.1. The summed E-state index contributed by atoms with van der Waals surface area (Å²) in [4.78, 5) is 16.4. The van der Waals surface area contributed by atoms with Gasteiger partial charge in [-0.2, -0.15) is 0 Å². The molecule has 1 heterocycles. The van der Waals surface area contributed by atoms with Gasteiger partial charge in [0.1, 0.15) is 0 Å². The summed E-state index contributed by atoms with van der Waals surface area (Å²) in [6.45, 7) is 4.68. The molecule has 3 rings (SSSR count). The minimum atomic E-state index is -1.07. The van der Waals surface area contributed by atoms with Crippen LogP contribution in [0.5, 0.6) is 0 Å². The second-order valence-electron chi connectivity index (χ2n) is 6.17. The Morgan fingerprint density at radius 2 is 1.83 bits per heavy atom. The van der Waals surface area contributed by atoms with Crippen molar-refractivity contribution in [3.05, 3.63) is 71.3 Å². The third kappa shape index (κ3) is 3.46. The number of hydrogen-bond donors (Lipinski definition) is 0. The van der Waals surface area contributed by atoms with Crippen LogP contribution in [0.4, 0.5) is 8.78 Å². The van der Waals surface area contributed by atoms with E-state index in [0.29, 0.717) is 19.6 Å². The van der Waals surface area contributed by atoms with E-state index in [1.165, 1.54) is 17.7 Å². The van der Waals surface area contributed by atoms with Gasteiger partial charge in [0, 0.05) is 32.2 Å². The molecule has 1 fully saturated rings. The van der Waals surface area contributed by atoms with Crippen LogP contribution < -0.4 is 0 Å². The van der Waals surface area contributed by atoms with Crippen molar-refractivity contribution in [2.75, 3.05) is 19.6 Å². The molecule has 1 atom stereocenters. The van der Waals surface area contributed by atoms with E-state index in [4.69, 9.17) is 0 Å². The number of amides is 1. The molecular formula is C19H20F2N2O. The van der Waals surface area contributed by atoms with Gasteiger partial charge in [0.25, 0.3) is 5.91 Å². The number of hydrogen-bond acceptors (Lipinski definition) is 2. The van der Waals surface area contributed by atoms with Gasteiger partial charge in [0.15, 0.2) is 11.6 Å². The summed E-state index contributed by atoms with van der Waals surface area (Å²) in [5.41, 5.74) is 1.03. The molecule has 1 aliphatic rings. The van der Waals surface area contributed by atoms with Crippen LogP contribution in [-0.4, -0.2) is 41.4 Å². The van der Waals surface area contributed by atoms with Crippen LogP contribution in [0.25, 0.3) is 0 Å². The van der Waals surface area contributed by atoms with Crippen molar-refractivity contribution in [1.29, 1.82) is 0 Å². The first-order valence-electron chi connectivity index (χ1n) is 8.07. The number of piperazine rings is 1. The lowest BCUT2D eigenvalue weighted by molar-refractivity contribution is 0.0470. The molecule has 5 heteroatoms. The zero-order valence-electron chi connectivity index (χ0n) is 13.6. The molecule has 0 radical (unpaired) electrons. The maximum atomic E-state index is 13.9. The van der Waals surface area contributed by atoms with Gasteiger partial charge >= 0.3 is 0 Å². The summed E-state index contributed by atoms with van der Waals surface area (Å²) in [5.74, 6) is -2.50. The Labute approximate surface area is 140 Å². The van der Waals surface area contributed by atoms with E-state index in [1.807, 2.05) is 25.1 Å². The molecule has 1 amide bonds. The van der Waals surface area contributed by atoms with Crippen molar-refractivity contribution < 1.29 is 13.6 Å². The monoisotopic (exact) mass is 330 g/mol. The van der Waals surface area contributed by atoms with E-state index in [1.54, 1.807) is 4.90 Å². The first-order chi connectivity index (χ1) is 11.6. The molecule has 0 aromatic heterocycles. The maximum absolute atomic E-state index is 13.9. The molecule has 1 saturated heterocycles. The number of benzene rings is 2. The van der Waals surface area contributed by atoms with Gasteiger partial charge < -0.3 is 4.90 Å². The Kier molecular flexibility index (Phi) is 4.90. The molecule has 1 aliphatic heterocycles. The Bertz CT molecular complexity index is 721. The van der Waals surface area contributed by atoms with E-state index in [2.05, 4.69) is 17.0 Å². The summed E-state index contributed by atoms with van der Waals surface area (Å²) in [6, 6.07) is 13.8. The largest absolute Gasteiger partial charge is 0.333 e. The molecule has 0 bridgehead atoms. The summed E-state index contributed by atoms with van der Waals surface area (Å²) in [5, 5.41) is 0. The van der Waals surface area contributed by atoms with E-state index in [9.17, 15) is 13.6 Å². The zero-order chi connectivity index (χ0) is 17.1. The Morgan fingerprint density at radius 3 is 2.54 bits per heavy atom. The molecule has 0 spiro atoms. The fraction of sp³-hybridized carbons (Fsp3) is 0.316. The lowest BCUT2D eigenvalue weighted by Crippen LogP contribution is -2.53. The fourth-order valence-electron chi connectivity index (χ4n) is 3.14. The SMILES string of the molecule is C[C@H]1CN(Cc2ccccc2)CCN1C(=O)c1cccc(F)c1F. The molecule has 0 aliphatic carbocycles. The number of carbonyl (C=O) groups is 1. The molecular weight excluding hydrogens is 310 g/mol. The number of rotatable bonds is 3. The molecule has 2 aromatic rings. The maximum Gasteiger partial charge on any atom is 0.257 e. The molecule has 0 N–H and O–H groups in total. The van der Waals surface area contributed by atoms with Crippen LogP contribution in [-0.2, 0) is 6.54 Å². The first kappa shape index (κ1) is 16.6. The van der Waals surface area contributed by atoms with Crippen molar-refractivity contribution in [1.82, 2.24) is 9.80 Å². The van der Waals surface area contributed by atoms with Gasteiger partial charge in [0.05, 0.1) is 5.56 Å². The number of carbonyl (C=O) groups excluding carboxylic acids is 1. The highest BCUT2D eigenvalue weighted by Gasteiger charge is 2.29. The zero-order valence-corrected chi connectivity index (χ0v) is 13.6. The van der Waals surface area contributed by atoms with Crippen LogP contribution in [0.2, 0.25) is 0 Å². The van der Waals surface area contributed by atoms with Crippen molar-refractivity contribution in [2.45, 2.75) is 19.5 Å². The van der Waals surface area contributed by atoms with E-state index in [0.717, 1.165) is 12.6 Å². The third-order valence-corrected chi connectivity index (χ3v) is 4.40. The fourth-order valence-corrected chi connectivity index (χ4v) is 3.14. The predicted octanol–water partition coefficient (Wildman–Crippen LogP) is 3.31. The quantitative estimate of drug-likeness (QED) is 0.862.